The molecule has 2 aromatic rings. The normalized spacial score (nSPS) is 23.8. The fourth-order valence-electron chi connectivity index (χ4n) is 4.63. The summed E-state index contributed by atoms with van der Waals surface area (Å²) in [4.78, 5) is 15.9. The third-order valence-corrected chi connectivity index (χ3v) is 6.07. The number of piperidine rings is 1. The summed E-state index contributed by atoms with van der Waals surface area (Å²) in [6, 6.07) is 18.0. The SMILES string of the molecule is CN/C=C(\N)C1CC(C(=O)N(C)Cc2ccc(OC)cc2)(c2ccccc2)CC(C)N1. The molecule has 6 nitrogen and oxygen atoms in total. The number of hydrogen-bond acceptors (Lipinski definition) is 5. The quantitative estimate of drug-likeness (QED) is 0.639. The lowest BCUT2D eigenvalue weighted by atomic mass is 9.67. The Labute approximate surface area is 185 Å². The van der Waals surface area contributed by atoms with Crippen LogP contribution >= 0.6 is 0 Å². The molecule has 1 aliphatic heterocycles. The van der Waals surface area contributed by atoms with Gasteiger partial charge in [-0.05, 0) is 43.0 Å². The summed E-state index contributed by atoms with van der Waals surface area (Å²) in [5, 5.41) is 6.57. The number of likely N-dealkylation sites (N-methyl/N-ethyl adjacent to an activating group) is 1. The zero-order valence-corrected chi connectivity index (χ0v) is 18.9. The number of ether oxygens (including phenoxy) is 1. The van der Waals surface area contributed by atoms with Crippen molar-refractivity contribution in [3.63, 3.8) is 0 Å². The van der Waals surface area contributed by atoms with Gasteiger partial charge in [0.25, 0.3) is 0 Å². The lowest BCUT2D eigenvalue weighted by Gasteiger charge is -2.45. The molecule has 1 saturated heterocycles. The van der Waals surface area contributed by atoms with Crippen LogP contribution < -0.4 is 21.1 Å². The highest BCUT2D eigenvalue weighted by Crippen LogP contribution is 2.40. The molecule has 6 heteroatoms. The zero-order chi connectivity index (χ0) is 22.4. The molecule has 3 unspecified atom stereocenters. The van der Waals surface area contributed by atoms with Crippen molar-refractivity contribution >= 4 is 5.91 Å². The van der Waals surface area contributed by atoms with Gasteiger partial charge in [-0.1, -0.05) is 42.5 Å². The summed E-state index contributed by atoms with van der Waals surface area (Å²) >= 11 is 0. The maximum absolute atomic E-state index is 14.0. The van der Waals surface area contributed by atoms with Crippen LogP contribution in [0, 0.1) is 0 Å². The largest absolute Gasteiger partial charge is 0.497 e. The van der Waals surface area contributed by atoms with Crippen molar-refractivity contribution in [2.75, 3.05) is 21.2 Å². The van der Waals surface area contributed by atoms with Gasteiger partial charge in [0.05, 0.1) is 12.5 Å². The second-order valence-corrected chi connectivity index (χ2v) is 8.42. The molecule has 0 aromatic heterocycles. The Kier molecular flexibility index (Phi) is 7.23. The first-order chi connectivity index (χ1) is 14.9. The van der Waals surface area contributed by atoms with Crippen LogP contribution in [0.15, 0.2) is 66.5 Å². The minimum absolute atomic E-state index is 0.0882. The first-order valence-corrected chi connectivity index (χ1v) is 10.7. The van der Waals surface area contributed by atoms with E-state index in [4.69, 9.17) is 10.5 Å². The molecule has 1 heterocycles. The van der Waals surface area contributed by atoms with E-state index < -0.39 is 5.41 Å². The molecule has 0 saturated carbocycles. The highest BCUT2D eigenvalue weighted by Gasteiger charge is 2.48. The van der Waals surface area contributed by atoms with Crippen molar-refractivity contribution in [3.05, 3.63) is 77.6 Å². The van der Waals surface area contributed by atoms with Crippen LogP contribution in [-0.2, 0) is 16.8 Å². The Morgan fingerprint density at radius 2 is 1.90 bits per heavy atom. The maximum atomic E-state index is 14.0. The highest BCUT2D eigenvalue weighted by atomic mass is 16.5. The molecular formula is C25H34N4O2. The third-order valence-electron chi connectivity index (χ3n) is 6.07. The molecule has 0 spiro atoms. The number of carbonyl (C=O) groups excluding carboxylic acids is 1. The predicted molar refractivity (Wildman–Crippen MR) is 125 cm³/mol. The number of methoxy groups -OCH3 is 1. The average Bonchev–Trinajstić information content (AvgIpc) is 2.79. The fourth-order valence-corrected chi connectivity index (χ4v) is 4.63. The third kappa shape index (κ3) is 5.02. The van der Waals surface area contributed by atoms with Crippen LogP contribution in [0.25, 0.3) is 0 Å². The van der Waals surface area contributed by atoms with Gasteiger partial charge in [0.2, 0.25) is 5.91 Å². The van der Waals surface area contributed by atoms with E-state index in [1.165, 1.54) is 0 Å². The summed E-state index contributed by atoms with van der Waals surface area (Å²) in [6.07, 6.45) is 3.13. The van der Waals surface area contributed by atoms with E-state index in [-0.39, 0.29) is 18.0 Å². The zero-order valence-electron chi connectivity index (χ0n) is 18.9. The molecule has 3 rings (SSSR count). The Hall–Kier alpha value is -2.99. The number of benzene rings is 2. The number of carbonyl (C=O) groups is 1. The molecule has 3 atom stereocenters. The molecule has 166 valence electrons. The molecule has 2 aromatic carbocycles. The van der Waals surface area contributed by atoms with Gasteiger partial charge < -0.3 is 26.0 Å². The topological polar surface area (TPSA) is 79.6 Å². The predicted octanol–water partition coefficient (Wildman–Crippen LogP) is 2.75. The lowest BCUT2D eigenvalue weighted by Crippen LogP contribution is -2.58. The summed E-state index contributed by atoms with van der Waals surface area (Å²) in [6.45, 7) is 2.65. The number of nitrogens with two attached hydrogens (primary N) is 1. The van der Waals surface area contributed by atoms with Crippen LogP contribution in [0.5, 0.6) is 5.75 Å². The van der Waals surface area contributed by atoms with Crippen molar-refractivity contribution < 1.29 is 9.53 Å². The number of rotatable bonds is 7. The van der Waals surface area contributed by atoms with Gasteiger partial charge in [0.15, 0.2) is 0 Å². The van der Waals surface area contributed by atoms with Crippen LogP contribution in [0.3, 0.4) is 0 Å². The molecule has 0 bridgehead atoms. The molecular weight excluding hydrogens is 388 g/mol. The van der Waals surface area contributed by atoms with E-state index in [0.29, 0.717) is 25.1 Å². The van der Waals surface area contributed by atoms with E-state index in [9.17, 15) is 4.79 Å². The fraction of sp³-hybridized carbons (Fsp3) is 0.400. The van der Waals surface area contributed by atoms with Crippen molar-refractivity contribution in [3.8, 4) is 5.75 Å². The maximum Gasteiger partial charge on any atom is 0.233 e. The van der Waals surface area contributed by atoms with Gasteiger partial charge in [0.1, 0.15) is 5.75 Å². The van der Waals surface area contributed by atoms with Crippen LogP contribution in [0.2, 0.25) is 0 Å². The Balaban J connectivity index is 1.94. The minimum atomic E-state index is -0.649. The van der Waals surface area contributed by atoms with Gasteiger partial charge in [-0.25, -0.2) is 0 Å². The van der Waals surface area contributed by atoms with Gasteiger partial charge in [0, 0.05) is 44.6 Å². The van der Waals surface area contributed by atoms with Crippen molar-refractivity contribution in [2.24, 2.45) is 5.73 Å². The van der Waals surface area contributed by atoms with Crippen molar-refractivity contribution in [1.82, 2.24) is 15.5 Å². The summed E-state index contributed by atoms with van der Waals surface area (Å²) < 4.78 is 5.25. The summed E-state index contributed by atoms with van der Waals surface area (Å²) in [5.74, 6) is 0.922. The Morgan fingerprint density at radius 1 is 1.23 bits per heavy atom. The van der Waals surface area contributed by atoms with E-state index in [1.54, 1.807) is 13.3 Å². The first kappa shape index (κ1) is 22.7. The molecule has 1 amide bonds. The molecule has 31 heavy (non-hydrogen) atoms. The number of nitrogens with one attached hydrogen (secondary N) is 2. The Bertz CT molecular complexity index is 897. The smallest absolute Gasteiger partial charge is 0.233 e. The van der Waals surface area contributed by atoms with E-state index >= 15 is 0 Å². The van der Waals surface area contributed by atoms with E-state index in [0.717, 1.165) is 16.9 Å². The number of hydrogen-bond donors (Lipinski definition) is 3. The summed E-state index contributed by atoms with van der Waals surface area (Å²) in [7, 11) is 5.36. The van der Waals surface area contributed by atoms with Crippen LogP contribution in [-0.4, -0.2) is 44.1 Å². The van der Waals surface area contributed by atoms with Gasteiger partial charge >= 0.3 is 0 Å². The molecule has 0 aliphatic carbocycles. The summed E-state index contributed by atoms with van der Waals surface area (Å²) in [5.41, 5.74) is 8.51. The monoisotopic (exact) mass is 422 g/mol. The second-order valence-electron chi connectivity index (χ2n) is 8.42. The van der Waals surface area contributed by atoms with E-state index in [1.807, 2.05) is 61.5 Å². The minimum Gasteiger partial charge on any atom is -0.497 e. The molecule has 1 aliphatic rings. The van der Waals surface area contributed by atoms with Crippen LogP contribution in [0.4, 0.5) is 0 Å². The number of amides is 1. The van der Waals surface area contributed by atoms with Gasteiger partial charge in [-0.15, -0.1) is 0 Å². The number of nitrogens with zero attached hydrogens (tertiary/aromatic N) is 1. The van der Waals surface area contributed by atoms with E-state index in [2.05, 4.69) is 29.7 Å². The molecule has 4 N–H and O–H groups in total. The van der Waals surface area contributed by atoms with Crippen LogP contribution in [0.1, 0.15) is 30.9 Å². The standard InChI is InChI=1S/C25H34N4O2/c1-18-14-25(20-8-6-5-7-9-20,15-23(28-18)22(26)16-27-2)24(30)29(3)17-19-10-12-21(31-4)13-11-19/h5-13,16,18,23,27-28H,14-15,17,26H2,1-4H3/b22-16-. The average molecular weight is 423 g/mol. The van der Waals surface area contributed by atoms with Crippen molar-refractivity contribution in [1.29, 1.82) is 0 Å². The molecule has 1 fully saturated rings. The second kappa shape index (κ2) is 9.88. The lowest BCUT2D eigenvalue weighted by molar-refractivity contribution is -0.138. The van der Waals surface area contributed by atoms with Crippen molar-refractivity contribution in [2.45, 2.75) is 43.8 Å². The Morgan fingerprint density at radius 3 is 2.52 bits per heavy atom. The van der Waals surface area contributed by atoms with Gasteiger partial charge in [-0.2, -0.15) is 0 Å². The molecule has 0 radical (unpaired) electrons. The van der Waals surface area contributed by atoms with Gasteiger partial charge in [-0.3, -0.25) is 4.79 Å². The highest BCUT2D eigenvalue weighted by molar-refractivity contribution is 5.88. The first-order valence-electron chi connectivity index (χ1n) is 10.7.